The number of rotatable bonds is 8. The van der Waals surface area contributed by atoms with Crippen molar-refractivity contribution in [3.63, 3.8) is 0 Å². The Balaban J connectivity index is 1.65. The fourth-order valence-corrected chi connectivity index (χ4v) is 2.64. The molecule has 15 nitrogen and oxygen atoms in total. The molecular weight excluding hydrogens is 478 g/mol. The average molecular weight is 493 g/mol. The molecule has 15 heteroatoms. The van der Waals surface area contributed by atoms with Crippen molar-refractivity contribution in [2.24, 2.45) is 10.2 Å². The van der Waals surface area contributed by atoms with Crippen molar-refractivity contribution in [2.75, 3.05) is 0 Å². The maximum Gasteiger partial charge on any atom is 0.289 e. The van der Waals surface area contributed by atoms with Gasteiger partial charge in [-0.2, -0.15) is 10.2 Å². The van der Waals surface area contributed by atoms with Crippen molar-refractivity contribution in [3.05, 3.63) is 97.3 Å². The van der Waals surface area contributed by atoms with Gasteiger partial charge < -0.3 is 10.2 Å². The minimum atomic E-state index is -0.823. The van der Waals surface area contributed by atoms with Crippen LogP contribution in [-0.4, -0.2) is 49.3 Å². The third kappa shape index (κ3) is 6.19. The van der Waals surface area contributed by atoms with Gasteiger partial charge in [0.15, 0.2) is 0 Å². The van der Waals surface area contributed by atoms with E-state index in [1.807, 2.05) is 0 Å². The number of benzene rings is 2. The molecule has 0 aliphatic carbocycles. The minimum Gasteiger partial charge on any atom is -0.507 e. The molecule has 0 aliphatic heterocycles. The zero-order valence-electron chi connectivity index (χ0n) is 17.9. The molecule has 4 N–H and O–H groups in total. The van der Waals surface area contributed by atoms with Crippen LogP contribution in [0, 0.1) is 20.2 Å². The van der Waals surface area contributed by atoms with Crippen molar-refractivity contribution < 1.29 is 29.6 Å². The summed E-state index contributed by atoms with van der Waals surface area (Å²) in [6, 6.07) is 10.5. The number of aromatic nitrogens is 1. The van der Waals surface area contributed by atoms with E-state index in [1.54, 1.807) is 0 Å². The van der Waals surface area contributed by atoms with E-state index in [1.165, 1.54) is 18.2 Å². The number of amides is 2. The van der Waals surface area contributed by atoms with Gasteiger partial charge in [-0.25, -0.2) is 15.8 Å². The molecule has 36 heavy (non-hydrogen) atoms. The number of carbonyl (C=O) groups excluding carboxylic acids is 2. The summed E-state index contributed by atoms with van der Waals surface area (Å²) < 4.78 is 0. The summed E-state index contributed by atoms with van der Waals surface area (Å²) in [6.45, 7) is 0. The van der Waals surface area contributed by atoms with E-state index in [0.29, 0.717) is 0 Å². The number of nitro groups is 2. The summed E-state index contributed by atoms with van der Waals surface area (Å²) in [5.74, 6) is -2.24. The maximum absolute atomic E-state index is 12.3. The second kappa shape index (κ2) is 10.9. The average Bonchev–Trinajstić information content (AvgIpc) is 2.85. The number of hydrogen-bond donors (Lipinski definition) is 4. The highest BCUT2D eigenvalue weighted by atomic mass is 16.6. The number of phenols is 2. The zero-order chi connectivity index (χ0) is 26.2. The largest absolute Gasteiger partial charge is 0.507 e. The minimum absolute atomic E-state index is 0.0155. The molecule has 0 saturated heterocycles. The smallest absolute Gasteiger partial charge is 0.289 e. The van der Waals surface area contributed by atoms with E-state index >= 15 is 0 Å². The summed E-state index contributed by atoms with van der Waals surface area (Å²) in [6.07, 6.45) is 1.99. The zero-order valence-corrected chi connectivity index (χ0v) is 17.9. The molecule has 0 unspecified atom stereocenters. The Hall–Kier alpha value is -5.73. The summed E-state index contributed by atoms with van der Waals surface area (Å²) >= 11 is 0. The van der Waals surface area contributed by atoms with Crippen molar-refractivity contribution in [1.82, 2.24) is 15.8 Å². The lowest BCUT2D eigenvalue weighted by atomic mass is 10.2. The third-order valence-electron chi connectivity index (χ3n) is 4.40. The number of hydrogen-bond acceptors (Lipinski definition) is 11. The molecule has 0 atom stereocenters. The van der Waals surface area contributed by atoms with Crippen LogP contribution in [0.1, 0.15) is 32.1 Å². The van der Waals surface area contributed by atoms with Gasteiger partial charge in [0, 0.05) is 35.4 Å². The molecule has 0 aliphatic rings. The maximum atomic E-state index is 12.3. The standard InChI is InChI=1S/C21H15N7O8/c29-18-6-4-14(27(33)34)8-12(18)10-22-25-20(31)16-2-1-3-17(24-16)21(32)26-23-11-13-9-15(28(35)36)5-7-19(13)30/h1-11,29-30H,(H,25,31)(H,26,32)/b22-10-,23-11+. The molecule has 0 spiro atoms. The summed E-state index contributed by atoms with van der Waals surface area (Å²) in [5, 5.41) is 48.4. The Kier molecular flexibility index (Phi) is 7.56. The predicted molar refractivity (Wildman–Crippen MR) is 124 cm³/mol. The van der Waals surface area contributed by atoms with E-state index < -0.39 is 21.7 Å². The van der Waals surface area contributed by atoms with Crippen molar-refractivity contribution >= 4 is 35.6 Å². The number of nitrogens with zero attached hydrogens (tertiary/aromatic N) is 5. The number of nitro benzene ring substituents is 2. The number of nitrogens with one attached hydrogen (secondary N) is 2. The highest BCUT2D eigenvalue weighted by Crippen LogP contribution is 2.22. The first-order chi connectivity index (χ1) is 17.2. The second-order valence-electron chi connectivity index (χ2n) is 6.81. The SMILES string of the molecule is O=C(N/N=C\c1cc([N+](=O)[O-])ccc1O)c1cccc(C(=O)N/N=C/c2cc([N+](=O)[O-])ccc2O)n1. The highest BCUT2D eigenvalue weighted by Gasteiger charge is 2.13. The monoisotopic (exact) mass is 493 g/mol. The number of aromatic hydroxyl groups is 2. The van der Waals surface area contributed by atoms with Gasteiger partial charge in [-0.1, -0.05) is 6.07 Å². The van der Waals surface area contributed by atoms with E-state index in [4.69, 9.17) is 0 Å². The number of non-ortho nitro benzene ring substituents is 2. The molecule has 3 rings (SSSR count). The summed E-state index contributed by atoms with van der Waals surface area (Å²) in [5.41, 5.74) is 3.22. The quantitative estimate of drug-likeness (QED) is 0.204. The summed E-state index contributed by atoms with van der Waals surface area (Å²) in [4.78, 5) is 48.8. The first-order valence-corrected chi connectivity index (χ1v) is 9.74. The Morgan fingerprint density at radius 2 is 1.19 bits per heavy atom. The number of carbonyl (C=O) groups is 2. The lowest BCUT2D eigenvalue weighted by Gasteiger charge is -2.03. The van der Waals surface area contributed by atoms with Crippen LogP contribution in [0.5, 0.6) is 11.5 Å². The van der Waals surface area contributed by atoms with E-state index in [9.17, 15) is 40.0 Å². The van der Waals surface area contributed by atoms with Gasteiger partial charge in [-0.3, -0.25) is 29.8 Å². The van der Waals surface area contributed by atoms with Crippen molar-refractivity contribution in [2.45, 2.75) is 0 Å². The van der Waals surface area contributed by atoms with Gasteiger partial charge in [-0.15, -0.1) is 0 Å². The number of pyridine rings is 1. The van der Waals surface area contributed by atoms with Gasteiger partial charge in [0.05, 0.1) is 22.3 Å². The van der Waals surface area contributed by atoms with Gasteiger partial charge in [0.2, 0.25) is 0 Å². The van der Waals surface area contributed by atoms with Gasteiger partial charge in [0.1, 0.15) is 22.9 Å². The molecule has 3 aromatic rings. The van der Waals surface area contributed by atoms with Crippen LogP contribution in [0.4, 0.5) is 11.4 Å². The van der Waals surface area contributed by atoms with Crippen LogP contribution in [0.25, 0.3) is 0 Å². The number of phenolic OH excluding ortho intramolecular Hbond substituents is 2. The molecule has 2 amide bonds. The topological polar surface area (TPSA) is 223 Å². The summed E-state index contributed by atoms with van der Waals surface area (Å²) in [7, 11) is 0. The normalized spacial score (nSPS) is 10.9. The van der Waals surface area contributed by atoms with Crippen LogP contribution in [0.2, 0.25) is 0 Å². The second-order valence-corrected chi connectivity index (χ2v) is 6.81. The Morgan fingerprint density at radius 1 is 0.778 bits per heavy atom. The fourth-order valence-electron chi connectivity index (χ4n) is 2.64. The van der Waals surface area contributed by atoms with Gasteiger partial charge >= 0.3 is 0 Å². The highest BCUT2D eigenvalue weighted by molar-refractivity contribution is 5.97. The lowest BCUT2D eigenvalue weighted by Crippen LogP contribution is -2.23. The van der Waals surface area contributed by atoms with Crippen LogP contribution in [0.15, 0.2) is 64.8 Å². The van der Waals surface area contributed by atoms with Crippen molar-refractivity contribution in [3.8, 4) is 11.5 Å². The Morgan fingerprint density at radius 3 is 1.58 bits per heavy atom. The molecule has 0 radical (unpaired) electrons. The molecule has 1 aromatic heterocycles. The third-order valence-corrected chi connectivity index (χ3v) is 4.40. The molecule has 0 fully saturated rings. The molecule has 0 saturated carbocycles. The molecule has 2 aromatic carbocycles. The molecule has 182 valence electrons. The Bertz CT molecular complexity index is 1320. The van der Waals surface area contributed by atoms with Crippen LogP contribution in [0.3, 0.4) is 0 Å². The van der Waals surface area contributed by atoms with E-state index in [-0.39, 0.29) is 45.4 Å². The van der Waals surface area contributed by atoms with Gasteiger partial charge in [0.25, 0.3) is 23.2 Å². The van der Waals surface area contributed by atoms with Crippen LogP contribution in [-0.2, 0) is 0 Å². The Labute approximate surface area is 200 Å². The van der Waals surface area contributed by atoms with E-state index in [2.05, 4.69) is 26.0 Å². The van der Waals surface area contributed by atoms with Crippen LogP contribution < -0.4 is 10.9 Å². The van der Waals surface area contributed by atoms with Crippen LogP contribution >= 0.6 is 0 Å². The van der Waals surface area contributed by atoms with Gasteiger partial charge in [-0.05, 0) is 24.3 Å². The van der Waals surface area contributed by atoms with E-state index in [0.717, 1.165) is 48.8 Å². The molecule has 0 bridgehead atoms. The predicted octanol–water partition coefficient (Wildman–Crippen LogP) is 1.84. The molecule has 1 heterocycles. The number of hydrazone groups is 2. The van der Waals surface area contributed by atoms with Crippen molar-refractivity contribution in [1.29, 1.82) is 0 Å². The lowest BCUT2D eigenvalue weighted by molar-refractivity contribution is -0.385. The molecular formula is C21H15N7O8. The fraction of sp³-hybridized carbons (Fsp3) is 0. The first-order valence-electron chi connectivity index (χ1n) is 9.74. The first kappa shape index (κ1) is 24.9.